The summed E-state index contributed by atoms with van der Waals surface area (Å²) in [6, 6.07) is 7.14. The van der Waals surface area contributed by atoms with E-state index in [1.54, 1.807) is 19.1 Å². The Labute approximate surface area is 203 Å². The molecule has 0 saturated carbocycles. The number of anilines is 1. The second-order valence-corrected chi connectivity index (χ2v) is 9.83. The number of benzene rings is 1. The van der Waals surface area contributed by atoms with Crippen LogP contribution in [-0.2, 0) is 28.8 Å². The molecule has 3 aromatic rings. The maximum Gasteiger partial charge on any atom is 0.341 e. The van der Waals surface area contributed by atoms with Gasteiger partial charge >= 0.3 is 5.97 Å². The first-order chi connectivity index (χ1) is 15.9. The van der Waals surface area contributed by atoms with Crippen LogP contribution < -0.4 is 10.9 Å². The number of H-pyrrole nitrogens is 1. The van der Waals surface area contributed by atoms with E-state index in [-0.39, 0.29) is 34.7 Å². The molecule has 0 fully saturated rings. The fraction of sp³-hybridized carbons (Fsp3) is 0.318. The largest absolute Gasteiger partial charge is 0.462 e. The standard InChI is InChI=1S/C22H21ClN4O4S2/c1-2-31-21(30)18-14-4-3-5-16(14)33-20(18)24-17(28)11-32-22-25-19(29)15(26-27-22)10-12-6-8-13(23)9-7-12/h6-9H,2-5,10-11H2,1H3,(H,24,28)(H,25,27,29). The monoisotopic (exact) mass is 504 g/mol. The molecular weight excluding hydrogens is 484 g/mol. The summed E-state index contributed by atoms with van der Waals surface area (Å²) in [5, 5.41) is 12.2. The third-order valence-corrected chi connectivity index (χ3v) is 7.35. The van der Waals surface area contributed by atoms with Gasteiger partial charge in [-0.25, -0.2) is 4.79 Å². The van der Waals surface area contributed by atoms with Gasteiger partial charge < -0.3 is 10.1 Å². The van der Waals surface area contributed by atoms with Crippen molar-refractivity contribution in [2.24, 2.45) is 0 Å². The van der Waals surface area contributed by atoms with Gasteiger partial charge in [0.05, 0.1) is 17.9 Å². The predicted octanol–water partition coefficient (Wildman–Crippen LogP) is 3.87. The van der Waals surface area contributed by atoms with Crippen LogP contribution in [0.2, 0.25) is 5.02 Å². The Hall–Kier alpha value is -2.69. The Kier molecular flexibility index (Phi) is 7.46. The van der Waals surface area contributed by atoms with E-state index < -0.39 is 5.97 Å². The number of ether oxygens (including phenoxy) is 1. The highest BCUT2D eigenvalue weighted by molar-refractivity contribution is 7.99. The van der Waals surface area contributed by atoms with E-state index in [0.29, 0.717) is 22.0 Å². The van der Waals surface area contributed by atoms with Gasteiger partial charge in [-0.1, -0.05) is 35.5 Å². The number of amides is 1. The number of thiophene rings is 1. The van der Waals surface area contributed by atoms with Gasteiger partial charge in [-0.15, -0.1) is 21.5 Å². The van der Waals surface area contributed by atoms with Crippen LogP contribution in [0, 0.1) is 0 Å². The van der Waals surface area contributed by atoms with Crippen molar-refractivity contribution in [3.05, 3.63) is 66.9 Å². The van der Waals surface area contributed by atoms with E-state index in [9.17, 15) is 14.4 Å². The molecule has 1 aliphatic carbocycles. The number of hydrogen-bond donors (Lipinski definition) is 2. The van der Waals surface area contributed by atoms with Gasteiger partial charge in [0.2, 0.25) is 5.91 Å². The molecule has 0 spiro atoms. The zero-order chi connectivity index (χ0) is 23.4. The fourth-order valence-electron chi connectivity index (χ4n) is 3.53. The van der Waals surface area contributed by atoms with E-state index >= 15 is 0 Å². The van der Waals surface area contributed by atoms with Gasteiger partial charge in [0.1, 0.15) is 10.7 Å². The normalized spacial score (nSPS) is 12.4. The molecule has 8 nitrogen and oxygen atoms in total. The molecule has 2 aromatic heterocycles. The topological polar surface area (TPSA) is 114 Å². The van der Waals surface area contributed by atoms with Crippen molar-refractivity contribution in [3.63, 3.8) is 0 Å². The second kappa shape index (κ2) is 10.5. The van der Waals surface area contributed by atoms with Crippen molar-refractivity contribution in [3.8, 4) is 0 Å². The van der Waals surface area contributed by atoms with E-state index in [1.807, 2.05) is 12.1 Å². The summed E-state index contributed by atoms with van der Waals surface area (Å²) in [5.74, 6) is -0.712. The van der Waals surface area contributed by atoms with Gasteiger partial charge in [0, 0.05) is 16.3 Å². The molecule has 0 radical (unpaired) electrons. The number of nitrogens with zero attached hydrogens (tertiary/aromatic N) is 2. The van der Waals surface area contributed by atoms with Crippen LogP contribution in [0.3, 0.4) is 0 Å². The number of fused-ring (bicyclic) bond motifs is 1. The Morgan fingerprint density at radius 1 is 1.24 bits per heavy atom. The second-order valence-electron chi connectivity index (χ2n) is 7.33. The average Bonchev–Trinajstić information content (AvgIpc) is 3.36. The summed E-state index contributed by atoms with van der Waals surface area (Å²) >= 11 is 8.37. The first-order valence-electron chi connectivity index (χ1n) is 10.4. The smallest absolute Gasteiger partial charge is 0.341 e. The molecule has 172 valence electrons. The molecule has 33 heavy (non-hydrogen) atoms. The van der Waals surface area contributed by atoms with Crippen molar-refractivity contribution in [1.29, 1.82) is 0 Å². The minimum Gasteiger partial charge on any atom is -0.462 e. The van der Waals surface area contributed by atoms with Crippen LogP contribution in [0.4, 0.5) is 5.00 Å². The Bertz CT molecular complexity index is 1240. The minimum atomic E-state index is -0.411. The number of aromatic nitrogens is 3. The number of nitrogens with one attached hydrogen (secondary N) is 2. The third-order valence-electron chi connectivity index (χ3n) is 5.02. The third kappa shape index (κ3) is 5.63. The Morgan fingerprint density at radius 2 is 2.03 bits per heavy atom. The zero-order valence-corrected chi connectivity index (χ0v) is 20.2. The molecule has 4 rings (SSSR count). The maximum absolute atomic E-state index is 12.5. The number of aryl methyl sites for hydroxylation is 1. The summed E-state index contributed by atoms with van der Waals surface area (Å²) in [5.41, 5.74) is 2.25. The summed E-state index contributed by atoms with van der Waals surface area (Å²) in [7, 11) is 0. The van der Waals surface area contributed by atoms with Crippen molar-refractivity contribution in [1.82, 2.24) is 15.2 Å². The fourth-order valence-corrected chi connectivity index (χ4v) is 5.55. The number of aromatic amines is 1. The lowest BCUT2D eigenvalue weighted by atomic mass is 10.1. The molecule has 0 saturated heterocycles. The van der Waals surface area contributed by atoms with Crippen molar-refractivity contribution in [2.45, 2.75) is 37.8 Å². The molecule has 1 amide bonds. The van der Waals surface area contributed by atoms with Gasteiger partial charge in [0.25, 0.3) is 5.56 Å². The summed E-state index contributed by atoms with van der Waals surface area (Å²) in [6.07, 6.45) is 3.03. The number of thioether (sulfide) groups is 1. The number of rotatable bonds is 8. The Balaban J connectivity index is 1.38. The number of halogens is 1. The number of carbonyl (C=O) groups excluding carboxylic acids is 2. The summed E-state index contributed by atoms with van der Waals surface area (Å²) in [6.45, 7) is 2.02. The Morgan fingerprint density at radius 3 is 2.76 bits per heavy atom. The predicted molar refractivity (Wildman–Crippen MR) is 129 cm³/mol. The molecule has 0 bridgehead atoms. The van der Waals surface area contributed by atoms with E-state index in [2.05, 4.69) is 20.5 Å². The number of esters is 1. The first-order valence-corrected chi connectivity index (χ1v) is 12.6. The molecule has 0 aliphatic heterocycles. The van der Waals surface area contributed by atoms with E-state index in [4.69, 9.17) is 16.3 Å². The number of carbonyl (C=O) groups is 2. The lowest BCUT2D eigenvalue weighted by Crippen LogP contribution is -2.20. The molecule has 0 atom stereocenters. The highest BCUT2D eigenvalue weighted by Gasteiger charge is 2.28. The molecule has 2 heterocycles. The quantitative estimate of drug-likeness (QED) is 0.353. The highest BCUT2D eigenvalue weighted by Crippen LogP contribution is 2.39. The van der Waals surface area contributed by atoms with Gasteiger partial charge in [-0.05, 0) is 49.4 Å². The van der Waals surface area contributed by atoms with Gasteiger partial charge in [-0.3, -0.25) is 14.6 Å². The first kappa shape index (κ1) is 23.5. The zero-order valence-electron chi connectivity index (χ0n) is 17.8. The maximum atomic E-state index is 12.5. The van der Waals surface area contributed by atoms with E-state index in [1.165, 1.54) is 11.3 Å². The SMILES string of the molecule is CCOC(=O)c1c(NC(=O)CSc2nnc(Cc3ccc(Cl)cc3)c(=O)[nH]2)sc2c1CCC2. The molecular formula is C22H21ClN4O4S2. The van der Waals surface area contributed by atoms with Crippen LogP contribution >= 0.6 is 34.7 Å². The van der Waals surface area contributed by atoms with Crippen LogP contribution in [0.15, 0.2) is 34.2 Å². The van der Waals surface area contributed by atoms with Crippen molar-refractivity contribution >= 4 is 51.6 Å². The minimum absolute atomic E-state index is 0.00594. The van der Waals surface area contributed by atoms with Crippen LogP contribution in [-0.4, -0.2) is 39.4 Å². The van der Waals surface area contributed by atoms with Crippen molar-refractivity contribution < 1.29 is 14.3 Å². The summed E-state index contributed by atoms with van der Waals surface area (Å²) < 4.78 is 5.18. The molecule has 1 aliphatic rings. The van der Waals surface area contributed by atoms with E-state index in [0.717, 1.165) is 47.0 Å². The molecule has 2 N–H and O–H groups in total. The lowest BCUT2D eigenvalue weighted by Gasteiger charge is -2.08. The lowest BCUT2D eigenvalue weighted by molar-refractivity contribution is -0.113. The van der Waals surface area contributed by atoms with Crippen LogP contribution in [0.5, 0.6) is 0 Å². The molecule has 0 unspecified atom stereocenters. The van der Waals surface area contributed by atoms with Crippen molar-refractivity contribution in [2.75, 3.05) is 17.7 Å². The van der Waals surface area contributed by atoms with Crippen LogP contribution in [0.1, 0.15) is 45.4 Å². The van der Waals surface area contributed by atoms with Gasteiger partial charge in [-0.2, -0.15) is 0 Å². The molecule has 1 aromatic carbocycles. The molecule has 11 heteroatoms. The average molecular weight is 505 g/mol. The highest BCUT2D eigenvalue weighted by atomic mass is 35.5. The van der Waals surface area contributed by atoms with Gasteiger partial charge in [0.15, 0.2) is 5.16 Å². The van der Waals surface area contributed by atoms with Crippen LogP contribution in [0.25, 0.3) is 0 Å². The number of hydrogen-bond acceptors (Lipinski definition) is 8. The summed E-state index contributed by atoms with van der Waals surface area (Å²) in [4.78, 5) is 41.1.